The third kappa shape index (κ3) is 2.35. The summed E-state index contributed by atoms with van der Waals surface area (Å²) in [5.41, 5.74) is 5.41. The fraction of sp³-hybridized carbons (Fsp3) is 0.381. The molecule has 0 aliphatic carbocycles. The molecule has 29 heavy (non-hydrogen) atoms. The average Bonchev–Trinajstić information content (AvgIpc) is 2.93. The molecular weight excluding hydrogens is 375 g/mol. The molecule has 8 heteroatoms. The molecule has 4 heterocycles. The lowest BCUT2D eigenvalue weighted by molar-refractivity contribution is -0.175. The summed E-state index contributed by atoms with van der Waals surface area (Å²) in [6, 6.07) is 8.56. The number of benzene rings is 1. The first-order valence-corrected chi connectivity index (χ1v) is 9.56. The van der Waals surface area contributed by atoms with E-state index in [-0.39, 0.29) is 11.9 Å². The molecular formula is C21H21FN4O3. The molecule has 0 bridgehead atoms. The van der Waals surface area contributed by atoms with Crippen molar-refractivity contribution in [2.24, 2.45) is 10.7 Å². The molecule has 1 saturated heterocycles. The van der Waals surface area contributed by atoms with Crippen molar-refractivity contribution in [3.05, 3.63) is 48.0 Å². The highest BCUT2D eigenvalue weighted by Crippen LogP contribution is 2.53. The number of nitrogens with zero attached hydrogens (tertiary/aromatic N) is 3. The molecule has 3 aliphatic heterocycles. The Balaban J connectivity index is 1.77. The van der Waals surface area contributed by atoms with Gasteiger partial charge in [0.1, 0.15) is 17.5 Å². The number of aliphatic imine (C=N–C) groups is 1. The lowest BCUT2D eigenvalue weighted by Crippen LogP contribution is -2.64. The van der Waals surface area contributed by atoms with Crippen LogP contribution >= 0.6 is 0 Å². The summed E-state index contributed by atoms with van der Waals surface area (Å²) >= 11 is 0. The van der Waals surface area contributed by atoms with E-state index in [1.54, 1.807) is 37.4 Å². The van der Waals surface area contributed by atoms with Crippen LogP contribution in [0.4, 0.5) is 4.39 Å². The highest BCUT2D eigenvalue weighted by molar-refractivity contribution is 6.08. The van der Waals surface area contributed by atoms with Crippen LogP contribution in [0.3, 0.4) is 0 Å². The Morgan fingerprint density at radius 1 is 1.34 bits per heavy atom. The number of pyridine rings is 1. The third-order valence-electron chi connectivity index (χ3n) is 6.10. The van der Waals surface area contributed by atoms with Crippen molar-refractivity contribution >= 4 is 11.9 Å². The number of nitrogens with two attached hydrogens (primary N) is 1. The molecule has 7 nitrogen and oxygen atoms in total. The lowest BCUT2D eigenvalue weighted by atomic mass is 9.71. The van der Waals surface area contributed by atoms with Crippen molar-refractivity contribution in [2.45, 2.75) is 37.0 Å². The Bertz CT molecular complexity index is 1060. The highest BCUT2D eigenvalue weighted by atomic mass is 19.1. The molecule has 0 radical (unpaired) electrons. The predicted octanol–water partition coefficient (Wildman–Crippen LogP) is 2.20. The first-order valence-electron chi connectivity index (χ1n) is 9.56. The van der Waals surface area contributed by atoms with Gasteiger partial charge >= 0.3 is 0 Å². The monoisotopic (exact) mass is 396 g/mol. The van der Waals surface area contributed by atoms with Gasteiger partial charge in [0.15, 0.2) is 5.96 Å². The van der Waals surface area contributed by atoms with Gasteiger partial charge in [-0.1, -0.05) is 6.07 Å². The number of likely N-dealkylation sites (N-methyl/N-ethyl adjacent to an activating group) is 1. The van der Waals surface area contributed by atoms with Gasteiger partial charge < -0.3 is 15.2 Å². The Morgan fingerprint density at radius 3 is 2.90 bits per heavy atom. The second-order valence-corrected chi connectivity index (χ2v) is 7.92. The topological polar surface area (TPSA) is 90.0 Å². The zero-order valence-corrected chi connectivity index (χ0v) is 16.2. The lowest BCUT2D eigenvalue weighted by Gasteiger charge is -2.51. The molecule has 1 aromatic heterocycles. The largest absolute Gasteiger partial charge is 0.484 e. The Morgan fingerprint density at radius 2 is 2.17 bits per heavy atom. The van der Waals surface area contributed by atoms with Crippen molar-refractivity contribution in [3.63, 3.8) is 0 Å². The van der Waals surface area contributed by atoms with Gasteiger partial charge in [-0.3, -0.25) is 9.69 Å². The van der Waals surface area contributed by atoms with Gasteiger partial charge in [-0.15, -0.1) is 0 Å². The van der Waals surface area contributed by atoms with Crippen molar-refractivity contribution in [1.82, 2.24) is 9.88 Å². The molecule has 3 atom stereocenters. The predicted molar refractivity (Wildman–Crippen MR) is 104 cm³/mol. The molecule has 1 aromatic carbocycles. The number of hydrogen-bond donors (Lipinski definition) is 1. The third-order valence-corrected chi connectivity index (χ3v) is 6.10. The van der Waals surface area contributed by atoms with Gasteiger partial charge in [0.25, 0.3) is 5.91 Å². The van der Waals surface area contributed by atoms with Crippen LogP contribution < -0.4 is 10.5 Å². The van der Waals surface area contributed by atoms with Crippen LogP contribution in [0.1, 0.15) is 25.3 Å². The van der Waals surface area contributed by atoms with E-state index >= 15 is 0 Å². The van der Waals surface area contributed by atoms with Gasteiger partial charge in [0.05, 0.1) is 0 Å². The van der Waals surface area contributed by atoms with E-state index in [9.17, 15) is 9.18 Å². The highest BCUT2D eigenvalue weighted by Gasteiger charge is 2.65. The van der Waals surface area contributed by atoms with Gasteiger partial charge in [-0.05, 0) is 49.6 Å². The fourth-order valence-corrected chi connectivity index (χ4v) is 4.69. The van der Waals surface area contributed by atoms with E-state index in [1.165, 1.54) is 11.1 Å². The van der Waals surface area contributed by atoms with Gasteiger partial charge in [-0.2, -0.15) is 4.39 Å². The maximum Gasteiger partial charge on any atom is 0.264 e. The molecule has 2 aromatic rings. The van der Waals surface area contributed by atoms with Crippen molar-refractivity contribution in [2.75, 3.05) is 13.7 Å². The molecule has 1 fully saturated rings. The Hall–Kier alpha value is -3.00. The van der Waals surface area contributed by atoms with Gasteiger partial charge in [-0.25, -0.2) is 9.98 Å². The van der Waals surface area contributed by atoms with Crippen LogP contribution in [0.5, 0.6) is 5.75 Å². The van der Waals surface area contributed by atoms with Crippen LogP contribution in [0.15, 0.2) is 41.5 Å². The van der Waals surface area contributed by atoms with E-state index in [0.717, 1.165) is 12.8 Å². The molecule has 0 saturated carbocycles. The second kappa shape index (κ2) is 6.00. The van der Waals surface area contributed by atoms with E-state index in [2.05, 4.69) is 9.98 Å². The summed E-state index contributed by atoms with van der Waals surface area (Å²) in [5.74, 6) is -0.212. The average molecular weight is 396 g/mol. The van der Waals surface area contributed by atoms with Gasteiger partial charge in [0.2, 0.25) is 11.5 Å². The number of ether oxygens (including phenoxy) is 2. The summed E-state index contributed by atoms with van der Waals surface area (Å²) < 4.78 is 26.7. The number of carbonyl (C=O) groups is 1. The first kappa shape index (κ1) is 18.1. The summed E-state index contributed by atoms with van der Waals surface area (Å²) in [6.45, 7) is 2.44. The summed E-state index contributed by atoms with van der Waals surface area (Å²) in [7, 11) is 1.59. The van der Waals surface area contributed by atoms with E-state index in [1.807, 2.05) is 6.92 Å². The Labute approximate surface area is 167 Å². The van der Waals surface area contributed by atoms with Crippen LogP contribution in [0.25, 0.3) is 11.1 Å². The quantitative estimate of drug-likeness (QED) is 0.747. The molecule has 1 amide bonds. The number of rotatable bonds is 1. The first-order chi connectivity index (χ1) is 13.9. The van der Waals surface area contributed by atoms with Crippen LogP contribution in [-0.2, 0) is 15.1 Å². The standard InChI is InChI=1S/C21H21FN4O3/c1-20-8-4-10-28-17(20)21(18(27)26(2)19(23)25-21)14-11-12(6-7-15(14)29-20)13-5-3-9-24-16(13)22/h3,5-7,9,11,17H,4,8,10H2,1-2H3,(H2,23,25)/t17-,20?,21-/m0/s1. The maximum atomic E-state index is 14.3. The number of hydrogen-bond acceptors (Lipinski definition) is 6. The van der Waals surface area contributed by atoms with Crippen LogP contribution in [0, 0.1) is 5.95 Å². The Kier molecular flexibility index (Phi) is 3.73. The smallest absolute Gasteiger partial charge is 0.264 e. The number of guanidine groups is 1. The van der Waals surface area contributed by atoms with Gasteiger partial charge in [0, 0.05) is 31.0 Å². The minimum Gasteiger partial charge on any atom is -0.484 e. The van der Waals surface area contributed by atoms with Crippen molar-refractivity contribution < 1.29 is 18.7 Å². The van der Waals surface area contributed by atoms with E-state index in [0.29, 0.717) is 29.0 Å². The van der Waals surface area contributed by atoms with Crippen molar-refractivity contribution in [3.8, 4) is 16.9 Å². The number of fused-ring (bicyclic) bond motifs is 4. The normalized spacial score (nSPS) is 30.6. The molecule has 3 aliphatic rings. The van der Waals surface area contributed by atoms with Crippen molar-refractivity contribution in [1.29, 1.82) is 0 Å². The molecule has 1 spiro atoms. The minimum absolute atomic E-state index is 0.123. The van der Waals surface area contributed by atoms with Crippen LogP contribution in [0.2, 0.25) is 0 Å². The number of carbonyl (C=O) groups excluding carboxylic acids is 1. The van der Waals surface area contributed by atoms with Crippen LogP contribution in [-0.4, -0.2) is 47.1 Å². The minimum atomic E-state index is -1.36. The number of aromatic nitrogens is 1. The maximum absolute atomic E-state index is 14.3. The summed E-state index contributed by atoms with van der Waals surface area (Å²) in [6.07, 6.45) is 2.30. The van der Waals surface area contributed by atoms with E-state index < -0.39 is 23.2 Å². The second-order valence-electron chi connectivity index (χ2n) is 7.92. The number of halogens is 1. The zero-order valence-electron chi connectivity index (χ0n) is 16.2. The molecule has 150 valence electrons. The zero-order chi connectivity index (χ0) is 20.4. The molecule has 5 rings (SSSR count). The fourth-order valence-electron chi connectivity index (χ4n) is 4.69. The molecule has 2 N–H and O–H groups in total. The SMILES string of the molecule is CN1C(=O)[C@]2(N=C1N)c1cc(-c3cccnc3F)ccc1OC1(C)CCCO[C@@H]12. The van der Waals surface area contributed by atoms with E-state index in [4.69, 9.17) is 15.2 Å². The number of amides is 1. The summed E-state index contributed by atoms with van der Waals surface area (Å²) in [4.78, 5) is 23.2. The molecule has 1 unspecified atom stereocenters. The summed E-state index contributed by atoms with van der Waals surface area (Å²) in [5, 5.41) is 0.